The molecule has 3 rings (SSSR count). The molecule has 7 nitrogen and oxygen atoms in total. The van der Waals surface area contributed by atoms with Crippen molar-refractivity contribution in [2.75, 3.05) is 14.2 Å². The number of fused-ring (bicyclic) bond motifs is 1. The van der Waals surface area contributed by atoms with Crippen LogP contribution in [0, 0.1) is 5.82 Å². The Labute approximate surface area is 153 Å². The average Bonchev–Trinajstić information content (AvgIpc) is 2.66. The zero-order chi connectivity index (χ0) is 19.6. The third-order valence-electron chi connectivity index (χ3n) is 4.24. The summed E-state index contributed by atoms with van der Waals surface area (Å²) in [7, 11) is 2.91. The number of aromatic amines is 1. The third kappa shape index (κ3) is 3.74. The first-order valence-corrected chi connectivity index (χ1v) is 8.19. The second-order valence-corrected chi connectivity index (χ2v) is 6.10. The number of carbonyl (C=O) groups excluding carboxylic acids is 1. The number of aromatic nitrogens is 2. The van der Waals surface area contributed by atoms with E-state index in [1.54, 1.807) is 24.3 Å². The molecule has 8 heteroatoms. The largest absolute Gasteiger partial charge is 0.494 e. The molecular formula is C19H18FN3O4. The number of nitrogens with zero attached hydrogens (tertiary/aromatic N) is 2. The van der Waals surface area contributed by atoms with Gasteiger partial charge >= 0.3 is 0 Å². The summed E-state index contributed by atoms with van der Waals surface area (Å²) in [5.41, 5.74) is -0.330. The molecule has 1 amide bonds. The highest BCUT2D eigenvalue weighted by atomic mass is 19.1. The van der Waals surface area contributed by atoms with Gasteiger partial charge in [-0.15, -0.1) is 0 Å². The number of hydrogen-bond donors (Lipinski definition) is 1. The van der Waals surface area contributed by atoms with Gasteiger partial charge in [-0.05, 0) is 29.8 Å². The molecule has 2 aromatic carbocycles. The molecule has 0 spiro atoms. The quantitative estimate of drug-likeness (QED) is 0.737. The lowest BCUT2D eigenvalue weighted by Crippen LogP contribution is -2.37. The van der Waals surface area contributed by atoms with E-state index in [2.05, 4.69) is 5.10 Å². The molecule has 0 radical (unpaired) electrons. The number of H-pyrrole nitrogens is 1. The fourth-order valence-electron chi connectivity index (χ4n) is 2.78. The molecule has 1 heterocycles. The van der Waals surface area contributed by atoms with Gasteiger partial charge in [-0.2, -0.15) is 0 Å². The normalized spacial score (nSPS) is 10.8. The minimum Gasteiger partial charge on any atom is -0.494 e. The maximum Gasteiger partial charge on any atom is 0.273 e. The fourth-order valence-corrected chi connectivity index (χ4v) is 2.78. The third-order valence-corrected chi connectivity index (χ3v) is 4.24. The lowest BCUT2D eigenvalue weighted by Gasteiger charge is -2.18. The molecule has 140 valence electrons. The SMILES string of the molecule is COc1ccc(CN(C)C(=O)Cn2[nH]c(=O)c3ccccc3c2=O)cc1F. The Morgan fingerprint density at radius 1 is 1.19 bits per heavy atom. The number of methoxy groups -OCH3 is 1. The van der Waals surface area contributed by atoms with Crippen LogP contribution in [0.4, 0.5) is 4.39 Å². The van der Waals surface area contributed by atoms with Crippen LogP contribution in [0.15, 0.2) is 52.1 Å². The average molecular weight is 371 g/mol. The van der Waals surface area contributed by atoms with E-state index in [1.807, 2.05) is 0 Å². The summed E-state index contributed by atoms with van der Waals surface area (Å²) in [6.07, 6.45) is 0. The molecule has 0 atom stereocenters. The van der Waals surface area contributed by atoms with Crippen LogP contribution in [0.2, 0.25) is 0 Å². The van der Waals surface area contributed by atoms with E-state index in [0.717, 1.165) is 4.68 Å². The van der Waals surface area contributed by atoms with Crippen LogP contribution in [0.3, 0.4) is 0 Å². The number of ether oxygens (including phenoxy) is 1. The highest BCUT2D eigenvalue weighted by Crippen LogP contribution is 2.18. The summed E-state index contributed by atoms with van der Waals surface area (Å²) in [6.45, 7) is -0.180. The molecule has 0 saturated carbocycles. The molecule has 0 unspecified atom stereocenters. The van der Waals surface area contributed by atoms with Crippen LogP contribution in [-0.4, -0.2) is 34.7 Å². The molecule has 0 aliphatic rings. The summed E-state index contributed by atoms with van der Waals surface area (Å²) in [4.78, 5) is 38.4. The van der Waals surface area contributed by atoms with Crippen molar-refractivity contribution in [1.29, 1.82) is 0 Å². The number of benzene rings is 2. The Balaban J connectivity index is 1.80. The van der Waals surface area contributed by atoms with Gasteiger partial charge in [-0.3, -0.25) is 19.5 Å². The number of carbonyl (C=O) groups is 1. The van der Waals surface area contributed by atoms with Crippen molar-refractivity contribution in [2.24, 2.45) is 0 Å². The molecule has 0 fully saturated rings. The second kappa shape index (κ2) is 7.45. The van der Waals surface area contributed by atoms with Gasteiger partial charge in [0.1, 0.15) is 6.54 Å². The number of nitrogens with one attached hydrogen (secondary N) is 1. The van der Waals surface area contributed by atoms with Crippen LogP contribution in [0.1, 0.15) is 5.56 Å². The summed E-state index contributed by atoms with van der Waals surface area (Å²) in [5.74, 6) is -0.807. The van der Waals surface area contributed by atoms with E-state index >= 15 is 0 Å². The second-order valence-electron chi connectivity index (χ2n) is 6.10. The lowest BCUT2D eigenvalue weighted by molar-refractivity contribution is -0.131. The van der Waals surface area contributed by atoms with Gasteiger partial charge in [0.05, 0.1) is 17.9 Å². The van der Waals surface area contributed by atoms with Crippen molar-refractivity contribution in [1.82, 2.24) is 14.7 Å². The maximum atomic E-state index is 13.8. The van der Waals surface area contributed by atoms with Crippen molar-refractivity contribution in [2.45, 2.75) is 13.1 Å². The number of halogens is 1. The van der Waals surface area contributed by atoms with Crippen LogP contribution in [0.25, 0.3) is 10.8 Å². The van der Waals surface area contributed by atoms with E-state index < -0.39 is 22.8 Å². The summed E-state index contributed by atoms with van der Waals surface area (Å²) in [5, 5.41) is 2.93. The van der Waals surface area contributed by atoms with Crippen LogP contribution in [0.5, 0.6) is 5.75 Å². The molecule has 27 heavy (non-hydrogen) atoms. The Kier molecular flexibility index (Phi) is 5.07. The van der Waals surface area contributed by atoms with E-state index in [-0.39, 0.29) is 29.6 Å². The van der Waals surface area contributed by atoms with Gasteiger partial charge in [0.2, 0.25) is 5.91 Å². The van der Waals surface area contributed by atoms with Crippen LogP contribution < -0.4 is 15.9 Å². The zero-order valence-electron chi connectivity index (χ0n) is 14.9. The highest BCUT2D eigenvalue weighted by Gasteiger charge is 2.14. The summed E-state index contributed by atoms with van der Waals surface area (Å²) in [6, 6.07) is 10.8. The van der Waals surface area contributed by atoms with Gasteiger partial charge < -0.3 is 9.64 Å². The number of likely N-dealkylation sites (N-methyl/N-ethyl adjacent to an activating group) is 1. The minimum atomic E-state index is -0.522. The van der Waals surface area contributed by atoms with Gasteiger partial charge in [0.25, 0.3) is 11.1 Å². The maximum absolute atomic E-state index is 13.8. The van der Waals surface area contributed by atoms with Crippen molar-refractivity contribution >= 4 is 16.7 Å². The Morgan fingerprint density at radius 3 is 2.56 bits per heavy atom. The smallest absolute Gasteiger partial charge is 0.273 e. The van der Waals surface area contributed by atoms with Gasteiger partial charge in [0.15, 0.2) is 11.6 Å². The van der Waals surface area contributed by atoms with E-state index in [0.29, 0.717) is 5.56 Å². The molecular weight excluding hydrogens is 353 g/mol. The monoisotopic (exact) mass is 371 g/mol. The van der Waals surface area contributed by atoms with Crippen molar-refractivity contribution in [3.8, 4) is 5.75 Å². The van der Waals surface area contributed by atoms with Crippen molar-refractivity contribution < 1.29 is 13.9 Å². The predicted octanol–water partition coefficient (Wildman–Crippen LogP) is 1.50. The van der Waals surface area contributed by atoms with E-state index in [1.165, 1.54) is 37.3 Å². The molecule has 0 bridgehead atoms. The molecule has 3 aromatic rings. The van der Waals surface area contributed by atoms with Gasteiger partial charge in [-0.1, -0.05) is 18.2 Å². The first kappa shape index (κ1) is 18.4. The summed E-state index contributed by atoms with van der Waals surface area (Å²) < 4.78 is 19.6. The van der Waals surface area contributed by atoms with Crippen LogP contribution >= 0.6 is 0 Å². The Bertz CT molecular complexity index is 1120. The molecule has 0 saturated heterocycles. The number of hydrogen-bond acceptors (Lipinski definition) is 4. The topological polar surface area (TPSA) is 84.4 Å². The van der Waals surface area contributed by atoms with E-state index in [9.17, 15) is 18.8 Å². The lowest BCUT2D eigenvalue weighted by atomic mass is 10.2. The molecule has 0 aliphatic carbocycles. The Hall–Kier alpha value is -3.42. The fraction of sp³-hybridized carbons (Fsp3) is 0.211. The van der Waals surface area contributed by atoms with E-state index in [4.69, 9.17) is 4.74 Å². The number of amides is 1. The van der Waals surface area contributed by atoms with Crippen molar-refractivity contribution in [3.63, 3.8) is 0 Å². The van der Waals surface area contributed by atoms with Crippen LogP contribution in [-0.2, 0) is 17.9 Å². The molecule has 1 aromatic heterocycles. The van der Waals surface area contributed by atoms with Crippen molar-refractivity contribution in [3.05, 3.63) is 74.6 Å². The minimum absolute atomic E-state index is 0.119. The Morgan fingerprint density at radius 2 is 1.89 bits per heavy atom. The zero-order valence-corrected chi connectivity index (χ0v) is 14.9. The summed E-state index contributed by atoms with van der Waals surface area (Å²) >= 11 is 0. The number of rotatable bonds is 5. The standard InChI is InChI=1S/C19H18FN3O4/c1-22(10-12-7-8-16(27-2)15(20)9-12)17(24)11-23-19(26)14-6-4-3-5-13(14)18(25)21-23/h3-9H,10-11H2,1-2H3,(H,21,25). The first-order valence-electron chi connectivity index (χ1n) is 8.19. The highest BCUT2D eigenvalue weighted by molar-refractivity contribution is 5.81. The molecule has 0 aliphatic heterocycles. The predicted molar refractivity (Wildman–Crippen MR) is 98.3 cm³/mol. The molecule has 1 N–H and O–H groups in total. The van der Waals surface area contributed by atoms with Gasteiger partial charge in [-0.25, -0.2) is 9.07 Å². The van der Waals surface area contributed by atoms with Gasteiger partial charge in [0, 0.05) is 13.6 Å². The first-order chi connectivity index (χ1) is 12.9.